The van der Waals surface area contributed by atoms with Gasteiger partial charge >= 0.3 is 0 Å². The Bertz CT molecular complexity index is 1340. The molecule has 7 heteroatoms. The highest BCUT2D eigenvalue weighted by atomic mass is 16.5. The Hall–Kier alpha value is -3.92. The van der Waals surface area contributed by atoms with Crippen LogP contribution >= 0.6 is 0 Å². The fourth-order valence-corrected chi connectivity index (χ4v) is 4.15. The summed E-state index contributed by atoms with van der Waals surface area (Å²) in [7, 11) is 0. The summed E-state index contributed by atoms with van der Waals surface area (Å²) in [5.41, 5.74) is 5.42. The lowest BCUT2D eigenvalue weighted by atomic mass is 10.1. The summed E-state index contributed by atoms with van der Waals surface area (Å²) in [6, 6.07) is 17.5. The molecule has 1 amide bonds. The highest BCUT2D eigenvalue weighted by molar-refractivity contribution is 5.94. The first-order valence-electron chi connectivity index (χ1n) is 11.2. The minimum absolute atomic E-state index is 0.0288. The molecular formula is C26H27N5O2. The number of carbonyl (C=O) groups excluding carboxylic acids is 1. The van der Waals surface area contributed by atoms with Gasteiger partial charge in [-0.3, -0.25) is 4.79 Å². The van der Waals surface area contributed by atoms with Gasteiger partial charge < -0.3 is 9.64 Å². The third-order valence-corrected chi connectivity index (χ3v) is 5.81. The van der Waals surface area contributed by atoms with Crippen LogP contribution in [0.25, 0.3) is 16.6 Å². The van der Waals surface area contributed by atoms with Crippen molar-refractivity contribution in [3.63, 3.8) is 0 Å². The largest absolute Gasteiger partial charge is 0.494 e. The molecule has 0 aliphatic heterocycles. The molecule has 0 saturated heterocycles. The summed E-state index contributed by atoms with van der Waals surface area (Å²) in [5, 5.41) is 14.8. The van der Waals surface area contributed by atoms with Crippen LogP contribution in [0.5, 0.6) is 5.75 Å². The second-order valence-electron chi connectivity index (χ2n) is 7.89. The number of aromatic nitrogens is 3. The quantitative estimate of drug-likeness (QED) is 0.393. The molecule has 4 aromatic rings. The zero-order chi connectivity index (χ0) is 23.4. The van der Waals surface area contributed by atoms with Crippen LogP contribution in [0.1, 0.15) is 36.7 Å². The van der Waals surface area contributed by atoms with Crippen LogP contribution in [0.3, 0.4) is 0 Å². The van der Waals surface area contributed by atoms with Crippen molar-refractivity contribution in [1.82, 2.24) is 14.6 Å². The molecular weight excluding hydrogens is 414 g/mol. The van der Waals surface area contributed by atoms with Crippen molar-refractivity contribution >= 4 is 28.1 Å². The number of carbonyl (C=O) groups is 1. The molecule has 2 aromatic carbocycles. The molecule has 4 rings (SSSR count). The number of rotatable bonds is 8. The van der Waals surface area contributed by atoms with E-state index in [4.69, 9.17) is 20.1 Å². The lowest BCUT2D eigenvalue weighted by Crippen LogP contribution is -2.32. The van der Waals surface area contributed by atoms with Crippen molar-refractivity contribution in [3.8, 4) is 11.8 Å². The van der Waals surface area contributed by atoms with E-state index in [1.54, 1.807) is 4.90 Å². The Morgan fingerprint density at radius 1 is 1.15 bits per heavy atom. The van der Waals surface area contributed by atoms with Crippen LogP contribution in [0.4, 0.5) is 5.69 Å². The van der Waals surface area contributed by atoms with Crippen LogP contribution in [0, 0.1) is 25.2 Å². The van der Waals surface area contributed by atoms with Gasteiger partial charge in [0.1, 0.15) is 5.75 Å². The molecule has 0 radical (unpaired) electrons. The predicted octanol–water partition coefficient (Wildman–Crippen LogP) is 4.78. The average molecular weight is 442 g/mol. The zero-order valence-corrected chi connectivity index (χ0v) is 19.2. The van der Waals surface area contributed by atoms with Crippen molar-refractivity contribution in [3.05, 3.63) is 65.5 Å². The molecule has 2 aromatic heterocycles. The van der Waals surface area contributed by atoms with E-state index >= 15 is 0 Å². The maximum atomic E-state index is 13.2. The van der Waals surface area contributed by atoms with E-state index in [1.807, 2.05) is 73.8 Å². The fraction of sp³-hybridized carbons (Fsp3) is 0.308. The number of amides is 1. The average Bonchev–Trinajstić information content (AvgIpc) is 3.19. The molecule has 0 bridgehead atoms. The van der Waals surface area contributed by atoms with E-state index in [9.17, 15) is 4.79 Å². The van der Waals surface area contributed by atoms with E-state index in [-0.39, 0.29) is 12.3 Å². The van der Waals surface area contributed by atoms with Crippen LogP contribution in [0.15, 0.2) is 48.5 Å². The molecule has 0 aliphatic rings. The summed E-state index contributed by atoms with van der Waals surface area (Å²) in [5.74, 6) is 0.727. The molecule has 2 heterocycles. The van der Waals surface area contributed by atoms with Gasteiger partial charge in [0.15, 0.2) is 5.65 Å². The lowest BCUT2D eigenvalue weighted by Gasteiger charge is -2.22. The van der Waals surface area contributed by atoms with Crippen LogP contribution in [-0.2, 0) is 11.2 Å². The van der Waals surface area contributed by atoms with Gasteiger partial charge in [-0.1, -0.05) is 12.1 Å². The first-order valence-corrected chi connectivity index (χ1v) is 11.2. The Morgan fingerprint density at radius 2 is 1.91 bits per heavy atom. The van der Waals surface area contributed by atoms with Gasteiger partial charge in [-0.15, -0.1) is 0 Å². The number of hydrogen-bond acceptors (Lipinski definition) is 5. The normalized spacial score (nSPS) is 11.0. The number of aryl methyl sites for hydroxylation is 2. The molecule has 7 nitrogen and oxygen atoms in total. The first-order chi connectivity index (χ1) is 16.0. The van der Waals surface area contributed by atoms with Gasteiger partial charge in [-0.25, -0.2) is 9.50 Å². The number of nitrogens with zero attached hydrogens (tertiary/aromatic N) is 5. The maximum absolute atomic E-state index is 13.2. The monoisotopic (exact) mass is 441 g/mol. The summed E-state index contributed by atoms with van der Waals surface area (Å²) in [6.45, 7) is 6.86. The van der Waals surface area contributed by atoms with Gasteiger partial charge in [0, 0.05) is 35.4 Å². The summed E-state index contributed by atoms with van der Waals surface area (Å²) in [4.78, 5) is 19.7. The van der Waals surface area contributed by atoms with Gasteiger partial charge in [-0.05, 0) is 69.2 Å². The Labute approximate surface area is 193 Å². The third kappa shape index (κ3) is 4.51. The second-order valence-corrected chi connectivity index (χ2v) is 7.89. The zero-order valence-electron chi connectivity index (χ0n) is 19.2. The van der Waals surface area contributed by atoms with Gasteiger partial charge in [0.25, 0.3) is 0 Å². The number of fused-ring (bicyclic) bond motifs is 3. The minimum atomic E-state index is -0.0288. The highest BCUT2D eigenvalue weighted by Gasteiger charge is 2.19. The topological polar surface area (TPSA) is 83.5 Å². The summed E-state index contributed by atoms with van der Waals surface area (Å²) < 4.78 is 7.37. The lowest BCUT2D eigenvalue weighted by molar-refractivity contribution is -0.118. The van der Waals surface area contributed by atoms with Crippen molar-refractivity contribution in [2.45, 2.75) is 40.0 Å². The summed E-state index contributed by atoms with van der Waals surface area (Å²) in [6.07, 6.45) is 1.13. The number of benzene rings is 2. The van der Waals surface area contributed by atoms with E-state index in [1.165, 1.54) is 0 Å². The van der Waals surface area contributed by atoms with Gasteiger partial charge in [-0.2, -0.15) is 10.4 Å². The molecule has 33 heavy (non-hydrogen) atoms. The first kappa shape index (κ1) is 22.3. The van der Waals surface area contributed by atoms with Gasteiger partial charge in [0.05, 0.1) is 24.6 Å². The fourth-order valence-electron chi connectivity index (χ4n) is 4.15. The van der Waals surface area contributed by atoms with E-state index in [2.05, 4.69) is 6.07 Å². The maximum Gasteiger partial charge on any atom is 0.227 e. The van der Waals surface area contributed by atoms with Gasteiger partial charge in [0.2, 0.25) is 5.91 Å². The number of anilines is 1. The Morgan fingerprint density at radius 3 is 2.64 bits per heavy atom. The molecule has 0 aliphatic carbocycles. The minimum Gasteiger partial charge on any atom is -0.494 e. The highest BCUT2D eigenvalue weighted by Crippen LogP contribution is 2.24. The number of ether oxygens (including phenoxy) is 1. The third-order valence-electron chi connectivity index (χ3n) is 5.81. The molecule has 0 spiro atoms. The molecule has 0 N–H and O–H groups in total. The molecule has 0 fully saturated rings. The Kier molecular flexibility index (Phi) is 6.55. The number of hydrogen-bond donors (Lipinski definition) is 0. The van der Waals surface area contributed by atoms with E-state index < -0.39 is 0 Å². The smallest absolute Gasteiger partial charge is 0.227 e. The molecule has 168 valence electrons. The van der Waals surface area contributed by atoms with Crippen LogP contribution in [0.2, 0.25) is 0 Å². The van der Waals surface area contributed by atoms with Crippen molar-refractivity contribution in [2.75, 3.05) is 18.1 Å². The van der Waals surface area contributed by atoms with Crippen molar-refractivity contribution in [1.29, 1.82) is 5.26 Å². The predicted molar refractivity (Wildman–Crippen MR) is 128 cm³/mol. The van der Waals surface area contributed by atoms with E-state index in [0.29, 0.717) is 26.0 Å². The van der Waals surface area contributed by atoms with Crippen LogP contribution < -0.4 is 9.64 Å². The summed E-state index contributed by atoms with van der Waals surface area (Å²) >= 11 is 0. The second kappa shape index (κ2) is 9.70. The van der Waals surface area contributed by atoms with E-state index in [0.717, 1.165) is 44.9 Å². The molecule has 0 unspecified atom stereocenters. The van der Waals surface area contributed by atoms with Crippen molar-refractivity contribution in [2.24, 2.45) is 0 Å². The standard InChI is InChI=1S/C26H27N5O2/c1-4-33-21-12-10-20(11-13-21)30(17-7-16-27)25(32)15-14-22-18(2)28-26-23-8-5-6-9-24(23)29-31(26)19(22)3/h5-6,8-13H,4,7,14-15,17H2,1-3H3. The van der Waals surface area contributed by atoms with Crippen molar-refractivity contribution < 1.29 is 9.53 Å². The van der Waals surface area contributed by atoms with Crippen LogP contribution in [-0.4, -0.2) is 33.7 Å². The number of nitriles is 1. The SMILES string of the molecule is CCOc1ccc(N(CCC#N)C(=O)CCc2c(C)nc3c4ccccc4nn3c2C)cc1. The molecule has 0 atom stereocenters. The Balaban J connectivity index is 1.57. The molecule has 0 saturated carbocycles.